The number of hydrogen-bond acceptors (Lipinski definition) is 3. The van der Waals surface area contributed by atoms with Crippen LogP contribution in [-0.4, -0.2) is 15.2 Å². The molecule has 0 fully saturated rings. The first-order valence-electron chi connectivity index (χ1n) is 5.87. The Kier molecular flexibility index (Phi) is 3.34. The lowest BCUT2D eigenvalue weighted by molar-refractivity contribution is 1.09. The van der Waals surface area contributed by atoms with Crippen LogP contribution in [0.4, 0.5) is 5.82 Å². The topological polar surface area (TPSA) is 67.6 Å². The fourth-order valence-corrected chi connectivity index (χ4v) is 2.52. The zero-order valence-corrected chi connectivity index (χ0v) is 11.8. The Bertz CT molecular complexity index is 753. The fraction of sp³-hybridized carbons (Fsp3) is 0. The minimum atomic E-state index is 0.370. The first-order valence-corrected chi connectivity index (χ1v) is 6.63. The summed E-state index contributed by atoms with van der Waals surface area (Å²) < 4.78 is 0. The largest absolute Gasteiger partial charge is 0.382 e. The zero-order chi connectivity index (χ0) is 14.1. The molecule has 0 aliphatic heterocycles. The molecule has 0 radical (unpaired) electrons. The molecule has 2 aromatic heterocycles. The van der Waals surface area contributed by atoms with E-state index in [1.807, 2.05) is 24.3 Å². The summed E-state index contributed by atoms with van der Waals surface area (Å²) >= 11 is 12.2. The maximum absolute atomic E-state index is 6.25. The van der Waals surface area contributed by atoms with Crippen molar-refractivity contribution in [2.75, 3.05) is 5.73 Å². The molecular weight excluding hydrogens is 295 g/mol. The van der Waals surface area contributed by atoms with Crippen molar-refractivity contribution in [1.29, 1.82) is 0 Å². The Labute approximate surface area is 125 Å². The summed E-state index contributed by atoms with van der Waals surface area (Å²) in [5, 5.41) is 8.04. The number of H-pyrrole nitrogens is 1. The van der Waals surface area contributed by atoms with Gasteiger partial charge >= 0.3 is 0 Å². The first kappa shape index (κ1) is 13.0. The quantitative estimate of drug-likeness (QED) is 0.751. The van der Waals surface area contributed by atoms with E-state index in [1.165, 1.54) is 0 Å². The number of nitrogens with one attached hydrogen (secondary N) is 1. The van der Waals surface area contributed by atoms with Gasteiger partial charge in [0.15, 0.2) is 5.82 Å². The lowest BCUT2D eigenvalue weighted by Gasteiger charge is -2.06. The monoisotopic (exact) mass is 304 g/mol. The normalized spacial score (nSPS) is 10.7. The summed E-state index contributed by atoms with van der Waals surface area (Å²) in [6.45, 7) is 0. The molecule has 0 saturated carbocycles. The second kappa shape index (κ2) is 5.15. The Hall–Kier alpha value is -2.04. The van der Waals surface area contributed by atoms with Crippen LogP contribution >= 0.6 is 23.2 Å². The van der Waals surface area contributed by atoms with E-state index < -0.39 is 0 Å². The second-order valence-corrected chi connectivity index (χ2v) is 5.04. The third kappa shape index (κ3) is 2.24. The first-order chi connectivity index (χ1) is 9.66. The van der Waals surface area contributed by atoms with Crippen molar-refractivity contribution < 1.29 is 0 Å². The van der Waals surface area contributed by atoms with Crippen LogP contribution < -0.4 is 5.73 Å². The van der Waals surface area contributed by atoms with Crippen LogP contribution in [0.1, 0.15) is 0 Å². The van der Waals surface area contributed by atoms with E-state index in [1.54, 1.807) is 18.3 Å². The number of pyridine rings is 1. The molecule has 20 heavy (non-hydrogen) atoms. The van der Waals surface area contributed by atoms with E-state index in [2.05, 4.69) is 15.2 Å². The fourth-order valence-electron chi connectivity index (χ4n) is 2.02. The van der Waals surface area contributed by atoms with Crippen molar-refractivity contribution >= 4 is 29.0 Å². The van der Waals surface area contributed by atoms with Crippen LogP contribution in [0.5, 0.6) is 0 Å². The smallest absolute Gasteiger partial charge is 0.153 e. The molecule has 1 aromatic carbocycles. The number of rotatable bonds is 2. The minimum absolute atomic E-state index is 0.370. The SMILES string of the molecule is Nc1n[nH]c(-c2ccccn2)c1-c1ccc(Cl)cc1Cl. The number of nitrogens with zero attached hydrogens (tertiary/aromatic N) is 2. The summed E-state index contributed by atoms with van der Waals surface area (Å²) in [6, 6.07) is 10.9. The number of hydrogen-bond donors (Lipinski definition) is 2. The summed E-state index contributed by atoms with van der Waals surface area (Å²) in [7, 11) is 0. The van der Waals surface area contributed by atoms with Gasteiger partial charge in [-0.1, -0.05) is 35.3 Å². The number of nitrogens with two attached hydrogens (primary N) is 1. The van der Waals surface area contributed by atoms with Gasteiger partial charge in [-0.25, -0.2) is 0 Å². The van der Waals surface area contributed by atoms with E-state index >= 15 is 0 Å². The summed E-state index contributed by atoms with van der Waals surface area (Å²) in [5.41, 5.74) is 8.93. The van der Waals surface area contributed by atoms with Gasteiger partial charge in [-0.05, 0) is 24.3 Å². The van der Waals surface area contributed by atoms with Crippen LogP contribution in [0.2, 0.25) is 10.0 Å². The van der Waals surface area contributed by atoms with Crippen molar-refractivity contribution in [3.8, 4) is 22.5 Å². The van der Waals surface area contributed by atoms with Gasteiger partial charge < -0.3 is 5.73 Å². The third-order valence-electron chi connectivity index (χ3n) is 2.92. The Morgan fingerprint density at radius 3 is 2.65 bits per heavy atom. The third-order valence-corrected chi connectivity index (χ3v) is 3.46. The van der Waals surface area contributed by atoms with Crippen LogP contribution in [0.25, 0.3) is 22.5 Å². The predicted molar refractivity (Wildman–Crippen MR) is 81.7 cm³/mol. The van der Waals surface area contributed by atoms with Crippen LogP contribution in [0.15, 0.2) is 42.6 Å². The highest BCUT2D eigenvalue weighted by Crippen LogP contribution is 2.38. The molecule has 0 unspecified atom stereocenters. The highest BCUT2D eigenvalue weighted by atomic mass is 35.5. The summed E-state index contributed by atoms with van der Waals surface area (Å²) in [5.74, 6) is 0.370. The minimum Gasteiger partial charge on any atom is -0.382 e. The maximum Gasteiger partial charge on any atom is 0.153 e. The molecule has 4 nitrogen and oxygen atoms in total. The van der Waals surface area contributed by atoms with Gasteiger partial charge in [-0.2, -0.15) is 5.10 Å². The average Bonchev–Trinajstić information content (AvgIpc) is 2.82. The number of nitrogen functional groups attached to an aromatic ring is 1. The van der Waals surface area contributed by atoms with Gasteiger partial charge in [-0.3, -0.25) is 10.1 Å². The number of halogens is 2. The molecule has 0 amide bonds. The highest BCUT2D eigenvalue weighted by molar-refractivity contribution is 6.36. The van der Waals surface area contributed by atoms with E-state index in [9.17, 15) is 0 Å². The molecule has 0 saturated heterocycles. The van der Waals surface area contributed by atoms with Gasteiger partial charge in [0.25, 0.3) is 0 Å². The molecule has 100 valence electrons. The lowest BCUT2D eigenvalue weighted by Crippen LogP contribution is -1.90. The molecule has 0 aliphatic carbocycles. The molecule has 0 atom stereocenters. The Morgan fingerprint density at radius 2 is 1.95 bits per heavy atom. The Balaban J connectivity index is 2.22. The average molecular weight is 305 g/mol. The van der Waals surface area contributed by atoms with E-state index in [0.29, 0.717) is 15.9 Å². The van der Waals surface area contributed by atoms with Crippen LogP contribution in [0, 0.1) is 0 Å². The molecular formula is C14H10Cl2N4. The van der Waals surface area contributed by atoms with Crippen molar-refractivity contribution in [3.63, 3.8) is 0 Å². The molecule has 6 heteroatoms. The predicted octanol–water partition coefficient (Wildman–Crippen LogP) is 4.03. The maximum atomic E-state index is 6.25. The molecule has 3 rings (SSSR count). The van der Waals surface area contributed by atoms with Gasteiger partial charge in [-0.15, -0.1) is 0 Å². The Morgan fingerprint density at radius 1 is 1.10 bits per heavy atom. The zero-order valence-electron chi connectivity index (χ0n) is 10.3. The molecule has 3 aromatic rings. The van der Waals surface area contributed by atoms with Gasteiger partial charge in [0.1, 0.15) is 0 Å². The van der Waals surface area contributed by atoms with Gasteiger partial charge in [0.05, 0.1) is 22.0 Å². The number of aromatic nitrogens is 3. The molecule has 2 heterocycles. The molecule has 0 aliphatic rings. The highest BCUT2D eigenvalue weighted by Gasteiger charge is 2.17. The second-order valence-electron chi connectivity index (χ2n) is 4.20. The summed E-state index contributed by atoms with van der Waals surface area (Å²) in [4.78, 5) is 4.30. The van der Waals surface area contributed by atoms with E-state index in [0.717, 1.165) is 22.5 Å². The number of benzene rings is 1. The molecule has 0 bridgehead atoms. The van der Waals surface area contributed by atoms with Crippen molar-refractivity contribution in [3.05, 3.63) is 52.6 Å². The van der Waals surface area contributed by atoms with E-state index in [-0.39, 0.29) is 0 Å². The van der Waals surface area contributed by atoms with Crippen molar-refractivity contribution in [1.82, 2.24) is 15.2 Å². The van der Waals surface area contributed by atoms with Gasteiger partial charge in [0.2, 0.25) is 0 Å². The lowest BCUT2D eigenvalue weighted by atomic mass is 10.0. The van der Waals surface area contributed by atoms with Crippen LogP contribution in [0.3, 0.4) is 0 Å². The van der Waals surface area contributed by atoms with Crippen molar-refractivity contribution in [2.24, 2.45) is 0 Å². The summed E-state index contributed by atoms with van der Waals surface area (Å²) in [6.07, 6.45) is 1.71. The molecule has 0 spiro atoms. The molecule has 3 N–H and O–H groups in total. The number of anilines is 1. The number of aromatic amines is 1. The van der Waals surface area contributed by atoms with E-state index in [4.69, 9.17) is 28.9 Å². The van der Waals surface area contributed by atoms with Gasteiger partial charge in [0, 0.05) is 16.8 Å². The van der Waals surface area contributed by atoms with Crippen LogP contribution in [-0.2, 0) is 0 Å². The standard InChI is InChI=1S/C14H10Cl2N4/c15-8-4-5-9(10(16)7-8)12-13(19-20-14(12)17)11-3-1-2-6-18-11/h1-7H,(H3,17,19,20). The van der Waals surface area contributed by atoms with Crippen molar-refractivity contribution in [2.45, 2.75) is 0 Å².